The number of fused-ring (bicyclic) bond motifs is 2. The van der Waals surface area contributed by atoms with Crippen LogP contribution in [0.15, 0.2) is 54.6 Å². The summed E-state index contributed by atoms with van der Waals surface area (Å²) in [6.45, 7) is 0. The molecule has 0 atom stereocenters. The maximum Gasteiger partial charge on any atom is 0.285 e. The molecule has 28 heavy (non-hydrogen) atoms. The molecule has 8 heteroatoms. The van der Waals surface area contributed by atoms with Crippen molar-refractivity contribution >= 4 is 28.6 Å². The van der Waals surface area contributed by atoms with Crippen LogP contribution in [0.2, 0.25) is 0 Å². The van der Waals surface area contributed by atoms with Crippen molar-refractivity contribution in [1.29, 1.82) is 0 Å². The van der Waals surface area contributed by atoms with Crippen molar-refractivity contribution < 1.29 is 24.7 Å². The minimum atomic E-state index is -0.875. The van der Waals surface area contributed by atoms with Gasteiger partial charge in [0.1, 0.15) is 5.56 Å². The molecule has 0 bridgehead atoms. The average Bonchev–Trinajstić information content (AvgIpc) is 2.68. The fourth-order valence-corrected chi connectivity index (χ4v) is 3.27. The van der Waals surface area contributed by atoms with Crippen molar-refractivity contribution in [3.05, 3.63) is 87.0 Å². The predicted molar refractivity (Wildman–Crippen MR) is 99.5 cm³/mol. The number of carbonyl (C=O) groups excluding carboxylic acids is 2. The number of benzene rings is 3. The second-order valence-corrected chi connectivity index (χ2v) is 6.15. The number of ketones is 2. The maximum absolute atomic E-state index is 13.1. The fourth-order valence-electron chi connectivity index (χ4n) is 3.27. The summed E-state index contributed by atoms with van der Waals surface area (Å²) in [6.07, 6.45) is 0. The first-order valence-corrected chi connectivity index (χ1v) is 8.18. The SMILES string of the molecule is O=C1c2cccc(Nc3ccccc3)c2C(=O)c2c(O)c(O)cc([N+](=O)[O-])c21. The van der Waals surface area contributed by atoms with Gasteiger partial charge in [0, 0.05) is 11.3 Å². The molecule has 3 N–H and O–H groups in total. The van der Waals surface area contributed by atoms with E-state index in [1.807, 2.05) is 6.07 Å². The lowest BCUT2D eigenvalue weighted by atomic mass is 9.81. The number of carbonyl (C=O) groups is 2. The van der Waals surface area contributed by atoms with Gasteiger partial charge in [-0.05, 0) is 18.2 Å². The Labute approximate surface area is 157 Å². The Morgan fingerprint density at radius 3 is 2.25 bits per heavy atom. The second kappa shape index (κ2) is 6.20. The first kappa shape index (κ1) is 17.2. The molecule has 0 radical (unpaired) electrons. The number of nitrogens with zero attached hydrogens (tertiary/aromatic N) is 1. The summed E-state index contributed by atoms with van der Waals surface area (Å²) in [5, 5.41) is 34.4. The summed E-state index contributed by atoms with van der Waals surface area (Å²) in [4.78, 5) is 36.6. The second-order valence-electron chi connectivity index (χ2n) is 6.15. The molecule has 138 valence electrons. The zero-order valence-electron chi connectivity index (χ0n) is 14.2. The Bertz CT molecular complexity index is 1170. The van der Waals surface area contributed by atoms with E-state index in [2.05, 4.69) is 5.32 Å². The van der Waals surface area contributed by atoms with Gasteiger partial charge < -0.3 is 15.5 Å². The summed E-state index contributed by atoms with van der Waals surface area (Å²) in [5.74, 6) is -3.27. The molecule has 0 saturated carbocycles. The first-order valence-electron chi connectivity index (χ1n) is 8.18. The van der Waals surface area contributed by atoms with Gasteiger partial charge in [0.25, 0.3) is 5.69 Å². The van der Waals surface area contributed by atoms with Crippen LogP contribution in [0.1, 0.15) is 31.8 Å². The monoisotopic (exact) mass is 376 g/mol. The van der Waals surface area contributed by atoms with Gasteiger partial charge in [-0.15, -0.1) is 0 Å². The molecular weight excluding hydrogens is 364 g/mol. The summed E-state index contributed by atoms with van der Waals surface area (Å²) in [6, 6.07) is 14.1. The highest BCUT2D eigenvalue weighted by molar-refractivity contribution is 6.32. The molecule has 0 unspecified atom stereocenters. The van der Waals surface area contributed by atoms with E-state index in [0.29, 0.717) is 17.4 Å². The van der Waals surface area contributed by atoms with Crippen molar-refractivity contribution in [3.8, 4) is 11.5 Å². The van der Waals surface area contributed by atoms with E-state index in [1.165, 1.54) is 6.07 Å². The van der Waals surface area contributed by atoms with Crippen LogP contribution in [-0.4, -0.2) is 26.7 Å². The number of hydrogen-bond donors (Lipinski definition) is 3. The van der Waals surface area contributed by atoms with Crippen LogP contribution in [0.5, 0.6) is 11.5 Å². The van der Waals surface area contributed by atoms with E-state index in [9.17, 15) is 29.9 Å². The van der Waals surface area contributed by atoms with Gasteiger partial charge in [0.05, 0.1) is 27.8 Å². The Morgan fingerprint density at radius 2 is 1.57 bits per heavy atom. The third-order valence-corrected chi connectivity index (χ3v) is 4.50. The molecular formula is C20H12N2O6. The smallest absolute Gasteiger partial charge is 0.285 e. The van der Waals surface area contributed by atoms with Crippen LogP contribution in [0.3, 0.4) is 0 Å². The molecule has 0 heterocycles. The molecule has 3 aromatic rings. The summed E-state index contributed by atoms with van der Waals surface area (Å²) < 4.78 is 0. The number of phenolic OH excluding ortho intramolecular Hbond substituents is 2. The average molecular weight is 376 g/mol. The van der Waals surface area contributed by atoms with Gasteiger partial charge in [-0.1, -0.05) is 30.3 Å². The molecule has 4 rings (SSSR count). The quantitative estimate of drug-likeness (QED) is 0.283. The highest BCUT2D eigenvalue weighted by Gasteiger charge is 2.40. The summed E-state index contributed by atoms with van der Waals surface area (Å²) >= 11 is 0. The Kier molecular flexibility index (Phi) is 3.82. The minimum Gasteiger partial charge on any atom is -0.504 e. The molecule has 8 nitrogen and oxygen atoms in total. The van der Waals surface area contributed by atoms with Crippen LogP contribution in [0.4, 0.5) is 17.1 Å². The number of para-hydroxylation sites is 1. The van der Waals surface area contributed by atoms with E-state index in [-0.39, 0.29) is 11.1 Å². The van der Waals surface area contributed by atoms with E-state index in [4.69, 9.17) is 0 Å². The molecule has 1 aliphatic carbocycles. The van der Waals surface area contributed by atoms with Crippen LogP contribution >= 0.6 is 0 Å². The molecule has 0 amide bonds. The number of hydrogen-bond acceptors (Lipinski definition) is 7. The van der Waals surface area contributed by atoms with Crippen molar-refractivity contribution in [2.75, 3.05) is 5.32 Å². The number of rotatable bonds is 3. The van der Waals surface area contributed by atoms with Crippen LogP contribution in [0, 0.1) is 10.1 Å². The lowest BCUT2D eigenvalue weighted by Gasteiger charge is -2.21. The van der Waals surface area contributed by atoms with E-state index in [1.54, 1.807) is 36.4 Å². The Hall–Kier alpha value is -4.20. The van der Waals surface area contributed by atoms with Crippen molar-refractivity contribution in [2.24, 2.45) is 0 Å². The normalized spacial score (nSPS) is 12.3. The number of phenols is 2. The van der Waals surface area contributed by atoms with Gasteiger partial charge in [-0.3, -0.25) is 19.7 Å². The number of anilines is 2. The van der Waals surface area contributed by atoms with Crippen molar-refractivity contribution in [1.82, 2.24) is 0 Å². The largest absolute Gasteiger partial charge is 0.504 e. The molecule has 3 aromatic carbocycles. The number of aromatic hydroxyl groups is 2. The van der Waals surface area contributed by atoms with E-state index >= 15 is 0 Å². The van der Waals surface area contributed by atoms with Crippen LogP contribution in [0.25, 0.3) is 0 Å². The lowest BCUT2D eigenvalue weighted by molar-refractivity contribution is -0.385. The van der Waals surface area contributed by atoms with E-state index < -0.39 is 44.8 Å². The fraction of sp³-hybridized carbons (Fsp3) is 0. The summed E-state index contributed by atoms with van der Waals surface area (Å²) in [5.41, 5.74) is -0.936. The minimum absolute atomic E-state index is 0.0216. The molecule has 0 fully saturated rings. The zero-order chi connectivity index (χ0) is 20.0. The van der Waals surface area contributed by atoms with Gasteiger partial charge in [-0.25, -0.2) is 0 Å². The van der Waals surface area contributed by atoms with Gasteiger partial charge in [0.2, 0.25) is 11.6 Å². The maximum atomic E-state index is 13.1. The molecule has 0 aromatic heterocycles. The zero-order valence-corrected chi connectivity index (χ0v) is 14.2. The predicted octanol–water partition coefficient (Wildman–Crippen LogP) is 3.53. The number of nitro benzene ring substituents is 1. The third-order valence-electron chi connectivity index (χ3n) is 4.50. The van der Waals surface area contributed by atoms with Crippen LogP contribution < -0.4 is 5.32 Å². The standard InChI is InChI=1S/C20H12N2O6/c23-14-9-13(22(27)28)16-17(19(14)25)20(26)15-11(18(16)24)7-4-8-12(15)21-10-5-2-1-3-6-10/h1-9,21,23,25H. The topological polar surface area (TPSA) is 130 Å². The van der Waals surface area contributed by atoms with Crippen LogP contribution in [-0.2, 0) is 0 Å². The Balaban J connectivity index is 1.96. The molecule has 0 aliphatic heterocycles. The molecule has 0 saturated heterocycles. The third kappa shape index (κ3) is 2.47. The van der Waals surface area contributed by atoms with Gasteiger partial charge in [0.15, 0.2) is 11.5 Å². The van der Waals surface area contributed by atoms with Crippen molar-refractivity contribution in [3.63, 3.8) is 0 Å². The number of nitrogens with one attached hydrogen (secondary N) is 1. The first-order chi connectivity index (χ1) is 13.4. The molecule has 0 spiro atoms. The summed E-state index contributed by atoms with van der Waals surface area (Å²) in [7, 11) is 0. The Morgan fingerprint density at radius 1 is 0.857 bits per heavy atom. The number of nitro groups is 1. The highest BCUT2D eigenvalue weighted by Crippen LogP contribution is 2.44. The molecule has 1 aliphatic rings. The van der Waals surface area contributed by atoms with Gasteiger partial charge in [-0.2, -0.15) is 0 Å². The van der Waals surface area contributed by atoms with Gasteiger partial charge >= 0.3 is 0 Å². The lowest BCUT2D eigenvalue weighted by Crippen LogP contribution is -2.23. The van der Waals surface area contributed by atoms with Crippen molar-refractivity contribution in [2.45, 2.75) is 0 Å². The highest BCUT2D eigenvalue weighted by atomic mass is 16.6. The van der Waals surface area contributed by atoms with E-state index in [0.717, 1.165) is 0 Å².